The molecule has 7 heteroatoms. The molecule has 0 aliphatic carbocycles. The summed E-state index contributed by atoms with van der Waals surface area (Å²) in [7, 11) is 0. The number of carbonyl (C=O) groups is 2. The number of ketones is 1. The highest BCUT2D eigenvalue weighted by Crippen LogP contribution is 2.11. The van der Waals surface area contributed by atoms with Crippen molar-refractivity contribution in [1.82, 2.24) is 15.2 Å². The molecule has 0 aliphatic rings. The quantitative estimate of drug-likeness (QED) is 0.432. The van der Waals surface area contributed by atoms with Crippen LogP contribution in [-0.2, 0) is 14.3 Å². The summed E-state index contributed by atoms with van der Waals surface area (Å²) in [5.74, 6) is -0.482. The third-order valence-electron chi connectivity index (χ3n) is 1.41. The molecule has 82 valence electrons. The fourth-order valence-electron chi connectivity index (χ4n) is 0.837. The molecule has 0 bridgehead atoms. The highest BCUT2D eigenvalue weighted by atomic mass is 32.2. The lowest BCUT2D eigenvalue weighted by Crippen LogP contribution is -2.12. The van der Waals surface area contributed by atoms with Crippen molar-refractivity contribution in [1.29, 1.82) is 0 Å². The molecule has 0 fully saturated rings. The largest absolute Gasteiger partial charge is 0.466 e. The zero-order valence-corrected chi connectivity index (χ0v) is 9.04. The summed E-state index contributed by atoms with van der Waals surface area (Å²) < 4.78 is 4.64. The molecule has 1 N–H and O–H groups in total. The summed E-state index contributed by atoms with van der Waals surface area (Å²) in [4.78, 5) is 26.0. The smallest absolute Gasteiger partial charge is 0.313 e. The Morgan fingerprint density at radius 3 is 3.00 bits per heavy atom. The third kappa shape index (κ3) is 4.59. The van der Waals surface area contributed by atoms with Crippen LogP contribution in [0.25, 0.3) is 0 Å². The van der Waals surface area contributed by atoms with Crippen molar-refractivity contribution in [2.24, 2.45) is 0 Å². The highest BCUT2D eigenvalue weighted by molar-refractivity contribution is 7.99. The average molecular weight is 229 g/mol. The van der Waals surface area contributed by atoms with E-state index in [0.29, 0.717) is 11.8 Å². The average Bonchev–Trinajstić information content (AvgIpc) is 2.67. The molecule has 0 unspecified atom stereocenters. The van der Waals surface area contributed by atoms with Crippen LogP contribution in [0.2, 0.25) is 0 Å². The number of H-pyrrole nitrogens is 1. The van der Waals surface area contributed by atoms with Crippen LogP contribution >= 0.6 is 11.8 Å². The van der Waals surface area contributed by atoms with E-state index in [1.165, 1.54) is 18.1 Å². The molecule has 0 amide bonds. The number of Topliss-reactive ketones (excluding diaryl/α,β-unsaturated/α-hetero) is 1. The second-order valence-electron chi connectivity index (χ2n) is 2.60. The molecule has 0 saturated heterocycles. The molecule has 1 aromatic rings. The summed E-state index contributed by atoms with van der Waals surface area (Å²) >= 11 is 1.21. The summed E-state index contributed by atoms with van der Waals surface area (Å²) in [5, 5.41) is 6.80. The van der Waals surface area contributed by atoms with Gasteiger partial charge in [-0.05, 0) is 6.92 Å². The Kier molecular flexibility index (Phi) is 4.82. The van der Waals surface area contributed by atoms with E-state index in [2.05, 4.69) is 19.9 Å². The Morgan fingerprint density at radius 1 is 1.60 bits per heavy atom. The molecular formula is C8H11N3O3S. The Morgan fingerprint density at radius 2 is 2.40 bits per heavy atom. The molecule has 15 heavy (non-hydrogen) atoms. The van der Waals surface area contributed by atoms with E-state index >= 15 is 0 Å². The van der Waals surface area contributed by atoms with Crippen LogP contribution in [0.15, 0.2) is 11.5 Å². The number of nitrogens with one attached hydrogen (secondary N) is 1. The number of nitrogens with zero attached hydrogens (tertiary/aromatic N) is 2. The lowest BCUT2D eigenvalue weighted by atomic mass is 10.3. The summed E-state index contributed by atoms with van der Waals surface area (Å²) in [6, 6.07) is 0. The van der Waals surface area contributed by atoms with Crippen LogP contribution in [0, 0.1) is 0 Å². The second kappa shape index (κ2) is 6.18. The predicted molar refractivity (Wildman–Crippen MR) is 53.4 cm³/mol. The van der Waals surface area contributed by atoms with Gasteiger partial charge in [0.2, 0.25) is 0 Å². The topological polar surface area (TPSA) is 84.9 Å². The van der Waals surface area contributed by atoms with Crippen molar-refractivity contribution < 1.29 is 14.3 Å². The van der Waals surface area contributed by atoms with Gasteiger partial charge >= 0.3 is 5.97 Å². The SMILES string of the molecule is CCOC(=O)CC(=O)CSc1ncn[nH]1. The molecular weight excluding hydrogens is 218 g/mol. The van der Waals surface area contributed by atoms with Gasteiger partial charge in [0, 0.05) is 0 Å². The van der Waals surface area contributed by atoms with Crippen molar-refractivity contribution in [3.63, 3.8) is 0 Å². The Balaban J connectivity index is 2.22. The van der Waals surface area contributed by atoms with E-state index in [9.17, 15) is 9.59 Å². The third-order valence-corrected chi connectivity index (χ3v) is 2.35. The zero-order chi connectivity index (χ0) is 11.1. The van der Waals surface area contributed by atoms with Crippen LogP contribution in [0.4, 0.5) is 0 Å². The number of thioether (sulfide) groups is 1. The lowest BCUT2D eigenvalue weighted by Gasteiger charge is -1.99. The molecule has 1 aromatic heterocycles. The summed E-state index contributed by atoms with van der Waals surface area (Å²) in [5.41, 5.74) is 0. The normalized spacial score (nSPS) is 9.93. The van der Waals surface area contributed by atoms with Gasteiger partial charge in [-0.25, -0.2) is 4.98 Å². The second-order valence-corrected chi connectivity index (χ2v) is 3.56. The van der Waals surface area contributed by atoms with E-state index in [-0.39, 0.29) is 18.0 Å². The van der Waals surface area contributed by atoms with Crippen molar-refractivity contribution in [2.45, 2.75) is 18.5 Å². The summed E-state index contributed by atoms with van der Waals surface area (Å²) in [6.45, 7) is 1.99. The first-order chi connectivity index (χ1) is 7.22. The first-order valence-corrected chi connectivity index (χ1v) is 5.36. The van der Waals surface area contributed by atoms with Gasteiger partial charge in [-0.2, -0.15) is 5.10 Å². The standard InChI is InChI=1S/C8H11N3O3S/c1-2-14-7(13)3-6(12)4-15-8-9-5-10-11-8/h5H,2-4H2,1H3,(H,9,10,11). The number of carbonyl (C=O) groups excluding carboxylic acids is 2. The van der Waals surface area contributed by atoms with Gasteiger partial charge in [-0.15, -0.1) is 0 Å². The van der Waals surface area contributed by atoms with E-state index in [1.807, 2.05) is 0 Å². The van der Waals surface area contributed by atoms with Crippen LogP contribution < -0.4 is 0 Å². The number of esters is 1. The minimum absolute atomic E-state index is 0.185. The minimum atomic E-state index is -0.485. The van der Waals surface area contributed by atoms with Crippen LogP contribution in [-0.4, -0.2) is 39.3 Å². The van der Waals surface area contributed by atoms with Gasteiger partial charge in [0.05, 0.1) is 12.4 Å². The Hall–Kier alpha value is -1.37. The van der Waals surface area contributed by atoms with Crippen molar-refractivity contribution in [3.05, 3.63) is 6.33 Å². The molecule has 0 aliphatic heterocycles. The van der Waals surface area contributed by atoms with Crippen molar-refractivity contribution >= 4 is 23.5 Å². The van der Waals surface area contributed by atoms with Crippen LogP contribution in [0.5, 0.6) is 0 Å². The minimum Gasteiger partial charge on any atom is -0.466 e. The first-order valence-electron chi connectivity index (χ1n) is 4.38. The van der Waals surface area contributed by atoms with E-state index in [4.69, 9.17) is 0 Å². The van der Waals surface area contributed by atoms with Gasteiger partial charge < -0.3 is 4.74 Å². The van der Waals surface area contributed by atoms with Crippen molar-refractivity contribution in [3.8, 4) is 0 Å². The number of hydrogen-bond acceptors (Lipinski definition) is 6. The van der Waals surface area contributed by atoms with Gasteiger partial charge in [0.1, 0.15) is 12.7 Å². The maximum Gasteiger partial charge on any atom is 0.313 e. The molecule has 0 aromatic carbocycles. The Labute approximate surface area is 90.8 Å². The zero-order valence-electron chi connectivity index (χ0n) is 8.23. The van der Waals surface area contributed by atoms with E-state index in [0.717, 1.165) is 0 Å². The highest BCUT2D eigenvalue weighted by Gasteiger charge is 2.11. The maximum atomic E-state index is 11.2. The Bertz CT molecular complexity index is 326. The van der Waals surface area contributed by atoms with Gasteiger partial charge in [0.15, 0.2) is 10.9 Å². The molecule has 0 spiro atoms. The number of aromatic nitrogens is 3. The molecule has 0 saturated carbocycles. The first kappa shape index (κ1) is 11.7. The van der Waals surface area contributed by atoms with Crippen molar-refractivity contribution in [2.75, 3.05) is 12.4 Å². The van der Waals surface area contributed by atoms with Gasteiger partial charge in [0.25, 0.3) is 0 Å². The van der Waals surface area contributed by atoms with E-state index in [1.54, 1.807) is 6.92 Å². The van der Waals surface area contributed by atoms with Gasteiger partial charge in [-0.1, -0.05) is 11.8 Å². The lowest BCUT2D eigenvalue weighted by molar-refractivity contribution is -0.145. The fourth-order valence-corrected chi connectivity index (χ4v) is 1.48. The van der Waals surface area contributed by atoms with Crippen LogP contribution in [0.1, 0.15) is 13.3 Å². The predicted octanol–water partition coefficient (Wildman–Crippen LogP) is 0.419. The maximum absolute atomic E-state index is 11.2. The molecule has 1 heterocycles. The molecule has 6 nitrogen and oxygen atoms in total. The number of aromatic amines is 1. The summed E-state index contributed by atoms with van der Waals surface area (Å²) in [6.07, 6.45) is 1.17. The number of rotatable bonds is 6. The molecule has 0 radical (unpaired) electrons. The molecule has 1 rings (SSSR count). The number of ether oxygens (including phenoxy) is 1. The molecule has 0 atom stereocenters. The number of hydrogen-bond donors (Lipinski definition) is 1. The van der Waals surface area contributed by atoms with E-state index < -0.39 is 5.97 Å². The van der Waals surface area contributed by atoms with Gasteiger partial charge in [-0.3, -0.25) is 14.7 Å². The monoisotopic (exact) mass is 229 g/mol. The fraction of sp³-hybridized carbons (Fsp3) is 0.500. The van der Waals surface area contributed by atoms with Crippen LogP contribution in [0.3, 0.4) is 0 Å².